The first kappa shape index (κ1) is 29.7. The summed E-state index contributed by atoms with van der Waals surface area (Å²) in [5.74, 6) is -0.804. The maximum atomic E-state index is 13.8. The fourth-order valence-corrected chi connectivity index (χ4v) is 6.12. The molecule has 0 aliphatic heterocycles. The van der Waals surface area contributed by atoms with Gasteiger partial charge in [0.05, 0.1) is 10.6 Å². The molecule has 1 unspecified atom stereocenters. The summed E-state index contributed by atoms with van der Waals surface area (Å²) in [6, 6.07) is 20.2. The molecule has 0 aromatic heterocycles. The second kappa shape index (κ2) is 13.3. The van der Waals surface area contributed by atoms with E-state index in [-0.39, 0.29) is 17.3 Å². The number of nitrogens with one attached hydrogen (secondary N) is 1. The Hall–Kier alpha value is -2.82. The monoisotopic (exact) mass is 617 g/mol. The Morgan fingerprint density at radius 1 is 1.03 bits per heavy atom. The summed E-state index contributed by atoms with van der Waals surface area (Å²) < 4.78 is 29.6. The first-order valence-corrected chi connectivity index (χ1v) is 15.6. The summed E-state index contributed by atoms with van der Waals surface area (Å²) in [6.45, 7) is 5.45. The standard InChI is InChI=1S/C28H32BrN3O4S2/c1-5-30-28(34)21(3)31(18-22-7-6-8-23(29)17-22)27(33)19-32(24-11-9-20(2)10-12-24)38(35,36)26-15-13-25(37-4)14-16-26/h6-17,21H,5,18-19H2,1-4H3,(H,30,34). The molecule has 0 saturated heterocycles. The van der Waals surface area contributed by atoms with Gasteiger partial charge in [-0.1, -0.05) is 45.8 Å². The van der Waals surface area contributed by atoms with Crippen molar-refractivity contribution in [1.82, 2.24) is 10.2 Å². The first-order valence-electron chi connectivity index (χ1n) is 12.1. The average Bonchev–Trinajstić information content (AvgIpc) is 2.90. The van der Waals surface area contributed by atoms with Crippen molar-refractivity contribution in [3.05, 3.63) is 88.4 Å². The van der Waals surface area contributed by atoms with Crippen molar-refractivity contribution in [3.63, 3.8) is 0 Å². The van der Waals surface area contributed by atoms with Crippen molar-refractivity contribution in [1.29, 1.82) is 0 Å². The van der Waals surface area contributed by atoms with Crippen molar-refractivity contribution in [2.24, 2.45) is 0 Å². The van der Waals surface area contributed by atoms with E-state index in [1.165, 1.54) is 16.7 Å². The molecule has 0 radical (unpaired) electrons. The number of carbonyl (C=O) groups is 2. The number of sulfonamides is 1. The predicted octanol–water partition coefficient (Wildman–Crippen LogP) is 5.23. The SMILES string of the molecule is CCNC(=O)C(C)N(Cc1cccc(Br)c1)C(=O)CN(c1ccc(C)cc1)S(=O)(=O)c1ccc(SC)cc1. The van der Waals surface area contributed by atoms with Crippen LogP contribution in [0.2, 0.25) is 0 Å². The van der Waals surface area contributed by atoms with Gasteiger partial charge in [-0.25, -0.2) is 8.42 Å². The van der Waals surface area contributed by atoms with E-state index >= 15 is 0 Å². The number of thioether (sulfide) groups is 1. The number of carbonyl (C=O) groups excluding carboxylic acids is 2. The number of amides is 2. The highest BCUT2D eigenvalue weighted by atomic mass is 79.9. The van der Waals surface area contributed by atoms with E-state index in [1.54, 1.807) is 62.4 Å². The van der Waals surface area contributed by atoms with E-state index in [9.17, 15) is 18.0 Å². The Morgan fingerprint density at radius 2 is 1.68 bits per heavy atom. The van der Waals surface area contributed by atoms with Crippen LogP contribution in [0.1, 0.15) is 25.0 Å². The highest BCUT2D eigenvalue weighted by Gasteiger charge is 2.32. The molecule has 202 valence electrons. The molecule has 10 heteroatoms. The van der Waals surface area contributed by atoms with Gasteiger partial charge < -0.3 is 10.2 Å². The topological polar surface area (TPSA) is 86.8 Å². The van der Waals surface area contributed by atoms with Crippen LogP contribution in [0.3, 0.4) is 0 Å². The predicted molar refractivity (Wildman–Crippen MR) is 157 cm³/mol. The number of hydrogen-bond donors (Lipinski definition) is 1. The van der Waals surface area contributed by atoms with Gasteiger partial charge in [0.25, 0.3) is 10.0 Å². The van der Waals surface area contributed by atoms with Crippen LogP contribution in [0.4, 0.5) is 5.69 Å². The molecule has 0 saturated carbocycles. The number of likely N-dealkylation sites (N-methyl/N-ethyl adjacent to an activating group) is 1. The Bertz CT molecular complexity index is 1360. The minimum absolute atomic E-state index is 0.0824. The van der Waals surface area contributed by atoms with Crippen molar-refractivity contribution >= 4 is 55.2 Å². The summed E-state index contributed by atoms with van der Waals surface area (Å²) in [5, 5.41) is 2.76. The summed E-state index contributed by atoms with van der Waals surface area (Å²) in [4.78, 5) is 29.0. The third-order valence-corrected chi connectivity index (χ3v) is 9.03. The zero-order valence-corrected chi connectivity index (χ0v) is 25.1. The fourth-order valence-electron chi connectivity index (χ4n) is 3.85. The van der Waals surface area contributed by atoms with E-state index in [4.69, 9.17) is 0 Å². The van der Waals surface area contributed by atoms with Gasteiger partial charge in [0.15, 0.2) is 0 Å². The third kappa shape index (κ3) is 7.39. The van der Waals surface area contributed by atoms with Crippen LogP contribution < -0.4 is 9.62 Å². The first-order chi connectivity index (χ1) is 18.1. The second-order valence-electron chi connectivity index (χ2n) is 8.74. The van der Waals surface area contributed by atoms with Crippen LogP contribution in [-0.2, 0) is 26.2 Å². The molecule has 0 spiro atoms. The quantitative estimate of drug-likeness (QED) is 0.298. The summed E-state index contributed by atoms with van der Waals surface area (Å²) in [5.41, 5.74) is 2.13. The molecule has 0 aliphatic carbocycles. The lowest BCUT2D eigenvalue weighted by Gasteiger charge is -2.32. The highest BCUT2D eigenvalue weighted by Crippen LogP contribution is 2.26. The van der Waals surface area contributed by atoms with Crippen LogP contribution in [-0.4, -0.2) is 50.5 Å². The molecule has 2 amide bonds. The van der Waals surface area contributed by atoms with Crippen molar-refractivity contribution < 1.29 is 18.0 Å². The molecular formula is C28H32BrN3O4S2. The minimum Gasteiger partial charge on any atom is -0.355 e. The molecule has 1 N–H and O–H groups in total. The number of nitrogens with zero attached hydrogens (tertiary/aromatic N) is 2. The molecule has 7 nitrogen and oxygen atoms in total. The van der Waals surface area contributed by atoms with Gasteiger partial charge in [0.1, 0.15) is 12.6 Å². The lowest BCUT2D eigenvalue weighted by atomic mass is 10.1. The van der Waals surface area contributed by atoms with E-state index in [1.807, 2.05) is 37.4 Å². The van der Waals surface area contributed by atoms with Gasteiger partial charge in [-0.15, -0.1) is 11.8 Å². The number of halogens is 1. The number of rotatable bonds is 11. The maximum absolute atomic E-state index is 13.8. The molecular weight excluding hydrogens is 586 g/mol. The van der Waals surface area contributed by atoms with Crippen LogP contribution >= 0.6 is 27.7 Å². The van der Waals surface area contributed by atoms with Crippen molar-refractivity contribution in [3.8, 4) is 0 Å². The van der Waals surface area contributed by atoms with Crippen LogP contribution in [0.25, 0.3) is 0 Å². The van der Waals surface area contributed by atoms with Gasteiger partial charge in [-0.05, 0) is 81.1 Å². The highest BCUT2D eigenvalue weighted by molar-refractivity contribution is 9.10. The van der Waals surface area contributed by atoms with Gasteiger partial charge in [0.2, 0.25) is 11.8 Å². The Kier molecular flexibility index (Phi) is 10.4. The average molecular weight is 619 g/mol. The Labute approximate surface area is 237 Å². The Morgan fingerprint density at radius 3 is 2.26 bits per heavy atom. The van der Waals surface area contributed by atoms with Crippen molar-refractivity contribution in [2.45, 2.75) is 43.1 Å². The minimum atomic E-state index is -4.09. The molecule has 0 aliphatic rings. The zero-order chi connectivity index (χ0) is 27.9. The molecule has 3 aromatic carbocycles. The second-order valence-corrected chi connectivity index (χ2v) is 12.4. The molecule has 3 aromatic rings. The zero-order valence-electron chi connectivity index (χ0n) is 21.8. The van der Waals surface area contributed by atoms with Crippen LogP contribution in [0.15, 0.2) is 87.1 Å². The lowest BCUT2D eigenvalue weighted by Crippen LogP contribution is -2.51. The molecule has 0 heterocycles. The third-order valence-electron chi connectivity index (χ3n) is 6.01. The number of aryl methyl sites for hydroxylation is 1. The molecule has 0 fully saturated rings. The number of hydrogen-bond acceptors (Lipinski definition) is 5. The normalized spacial score (nSPS) is 12.0. The number of anilines is 1. The van der Waals surface area contributed by atoms with Gasteiger partial charge in [-0.2, -0.15) is 0 Å². The smallest absolute Gasteiger partial charge is 0.264 e. The van der Waals surface area contributed by atoms with E-state index in [2.05, 4.69) is 21.2 Å². The Balaban J connectivity index is 2.02. The molecule has 38 heavy (non-hydrogen) atoms. The van der Waals surface area contributed by atoms with Crippen LogP contribution in [0, 0.1) is 6.92 Å². The number of benzene rings is 3. The lowest BCUT2D eigenvalue weighted by molar-refractivity contribution is -0.139. The summed E-state index contributed by atoms with van der Waals surface area (Å²) in [6.07, 6.45) is 1.91. The van der Waals surface area contributed by atoms with Gasteiger partial charge in [-0.3, -0.25) is 13.9 Å². The van der Waals surface area contributed by atoms with Gasteiger partial charge in [0, 0.05) is 22.5 Å². The molecule has 0 bridgehead atoms. The van der Waals surface area contributed by atoms with E-state index < -0.39 is 28.5 Å². The van der Waals surface area contributed by atoms with E-state index in [0.717, 1.165) is 24.8 Å². The fraction of sp³-hybridized carbons (Fsp3) is 0.286. The largest absolute Gasteiger partial charge is 0.355 e. The van der Waals surface area contributed by atoms with E-state index in [0.29, 0.717) is 12.2 Å². The molecule has 1 atom stereocenters. The van der Waals surface area contributed by atoms with Crippen molar-refractivity contribution in [2.75, 3.05) is 23.7 Å². The maximum Gasteiger partial charge on any atom is 0.264 e. The molecule has 3 rings (SSSR count). The van der Waals surface area contributed by atoms with Gasteiger partial charge >= 0.3 is 0 Å². The summed E-state index contributed by atoms with van der Waals surface area (Å²) >= 11 is 4.96. The summed E-state index contributed by atoms with van der Waals surface area (Å²) in [7, 11) is -4.09. The van der Waals surface area contributed by atoms with Crippen LogP contribution in [0.5, 0.6) is 0 Å².